The van der Waals surface area contributed by atoms with Crippen molar-refractivity contribution >= 4 is 15.8 Å². The number of carboxylic acid groups (broad SMARTS) is 1. The number of hydrogen-bond donors (Lipinski definition) is 1. The van der Waals surface area contributed by atoms with Gasteiger partial charge >= 0.3 is 5.97 Å². The Hall–Kier alpha value is -0.580. The van der Waals surface area contributed by atoms with Crippen LogP contribution in [0.25, 0.3) is 0 Å². The fourth-order valence-electron chi connectivity index (χ4n) is 2.34. The van der Waals surface area contributed by atoms with Gasteiger partial charge in [0.25, 0.3) is 0 Å². The molecule has 4 nitrogen and oxygen atoms in total. The van der Waals surface area contributed by atoms with E-state index in [4.69, 9.17) is 5.11 Å². The maximum atomic E-state index is 11.5. The molecule has 16 heavy (non-hydrogen) atoms. The molecular weight excluding hydrogens is 228 g/mol. The summed E-state index contributed by atoms with van der Waals surface area (Å²) in [5.41, 5.74) is 0. The third-order valence-corrected chi connectivity index (χ3v) is 5.16. The van der Waals surface area contributed by atoms with Gasteiger partial charge in [-0.3, -0.25) is 4.79 Å². The van der Waals surface area contributed by atoms with Crippen molar-refractivity contribution in [2.45, 2.75) is 39.0 Å². The Labute approximate surface area is 97.0 Å². The van der Waals surface area contributed by atoms with Crippen LogP contribution in [0.1, 0.15) is 39.0 Å². The van der Waals surface area contributed by atoms with Crippen LogP contribution in [-0.4, -0.2) is 31.0 Å². The van der Waals surface area contributed by atoms with Gasteiger partial charge in [-0.25, -0.2) is 8.42 Å². The molecule has 0 aromatic rings. The van der Waals surface area contributed by atoms with Gasteiger partial charge in [-0.05, 0) is 18.8 Å². The van der Waals surface area contributed by atoms with Gasteiger partial charge in [-0.2, -0.15) is 0 Å². The van der Waals surface area contributed by atoms with Crippen molar-refractivity contribution in [2.24, 2.45) is 11.8 Å². The molecule has 1 aliphatic rings. The van der Waals surface area contributed by atoms with Gasteiger partial charge in [0, 0.05) is 5.75 Å². The maximum Gasteiger partial charge on any atom is 0.307 e. The van der Waals surface area contributed by atoms with Crippen molar-refractivity contribution in [2.75, 3.05) is 11.5 Å². The lowest BCUT2D eigenvalue weighted by Gasteiger charge is -2.27. The number of carboxylic acids is 1. The summed E-state index contributed by atoms with van der Waals surface area (Å²) in [6, 6.07) is 0. The predicted molar refractivity (Wildman–Crippen MR) is 62.0 cm³/mol. The van der Waals surface area contributed by atoms with Gasteiger partial charge in [0.15, 0.2) is 9.84 Å². The molecule has 0 aliphatic heterocycles. The summed E-state index contributed by atoms with van der Waals surface area (Å²) in [6.07, 6.45) is 4.91. The minimum atomic E-state index is -3.19. The third-order valence-electron chi connectivity index (χ3n) is 3.41. The molecule has 5 heteroatoms. The quantitative estimate of drug-likeness (QED) is 0.804. The molecule has 0 aromatic carbocycles. The Morgan fingerprint density at radius 3 is 2.31 bits per heavy atom. The van der Waals surface area contributed by atoms with E-state index in [1.165, 1.54) is 0 Å². The Kier molecular flexibility index (Phi) is 4.77. The molecule has 1 N–H and O–H groups in total. The summed E-state index contributed by atoms with van der Waals surface area (Å²) in [6.45, 7) is 1.56. The molecule has 1 rings (SSSR count). The van der Waals surface area contributed by atoms with Crippen LogP contribution in [0.4, 0.5) is 0 Å². The maximum absolute atomic E-state index is 11.5. The van der Waals surface area contributed by atoms with Crippen LogP contribution in [0, 0.1) is 11.8 Å². The standard InChI is InChI=1S/C11H20O4S/c1-2-16(14,15)8-10(11(12)13)9-6-4-3-5-7-9/h9-10H,2-8H2,1H3,(H,12,13). The number of carbonyl (C=O) groups is 1. The van der Waals surface area contributed by atoms with Gasteiger partial charge in [-0.1, -0.05) is 26.2 Å². The van der Waals surface area contributed by atoms with E-state index >= 15 is 0 Å². The minimum Gasteiger partial charge on any atom is -0.481 e. The molecule has 1 fully saturated rings. The average Bonchev–Trinajstić information content (AvgIpc) is 2.27. The van der Waals surface area contributed by atoms with Crippen LogP contribution in [-0.2, 0) is 14.6 Å². The number of sulfone groups is 1. The zero-order valence-electron chi connectivity index (χ0n) is 9.68. The first-order valence-electron chi connectivity index (χ1n) is 5.89. The lowest BCUT2D eigenvalue weighted by atomic mass is 9.81. The molecule has 0 spiro atoms. The van der Waals surface area contributed by atoms with Gasteiger partial charge < -0.3 is 5.11 Å². The summed E-state index contributed by atoms with van der Waals surface area (Å²) in [4.78, 5) is 11.1. The largest absolute Gasteiger partial charge is 0.481 e. The lowest BCUT2D eigenvalue weighted by molar-refractivity contribution is -0.143. The molecule has 0 radical (unpaired) electrons. The highest BCUT2D eigenvalue weighted by Crippen LogP contribution is 2.31. The molecule has 1 atom stereocenters. The van der Waals surface area contributed by atoms with E-state index in [-0.39, 0.29) is 17.4 Å². The average molecular weight is 248 g/mol. The van der Waals surface area contributed by atoms with Crippen LogP contribution in [0.2, 0.25) is 0 Å². The molecule has 1 saturated carbocycles. The Morgan fingerprint density at radius 1 is 1.31 bits per heavy atom. The lowest BCUT2D eigenvalue weighted by Crippen LogP contribution is -2.32. The highest BCUT2D eigenvalue weighted by atomic mass is 32.2. The van der Waals surface area contributed by atoms with Gasteiger partial charge in [0.05, 0.1) is 11.7 Å². The molecule has 0 amide bonds. The number of aliphatic carboxylic acids is 1. The first-order chi connectivity index (χ1) is 7.46. The fraction of sp³-hybridized carbons (Fsp3) is 0.909. The van der Waals surface area contributed by atoms with Crippen LogP contribution < -0.4 is 0 Å². The van der Waals surface area contributed by atoms with E-state index in [9.17, 15) is 13.2 Å². The van der Waals surface area contributed by atoms with Crippen LogP contribution in [0.15, 0.2) is 0 Å². The second-order valence-electron chi connectivity index (χ2n) is 4.54. The Morgan fingerprint density at radius 2 is 1.88 bits per heavy atom. The minimum absolute atomic E-state index is 0.0313. The van der Waals surface area contributed by atoms with E-state index in [1.807, 2.05) is 0 Å². The molecule has 1 unspecified atom stereocenters. The van der Waals surface area contributed by atoms with Crippen LogP contribution in [0.5, 0.6) is 0 Å². The first-order valence-corrected chi connectivity index (χ1v) is 7.71. The number of rotatable bonds is 5. The fourth-order valence-corrected chi connectivity index (χ4v) is 3.53. The van der Waals surface area contributed by atoms with Gasteiger partial charge in [-0.15, -0.1) is 0 Å². The molecule has 1 aliphatic carbocycles. The summed E-state index contributed by atoms with van der Waals surface area (Å²) < 4.78 is 23.0. The zero-order chi connectivity index (χ0) is 12.2. The third kappa shape index (κ3) is 3.77. The molecule has 0 aromatic heterocycles. The van der Waals surface area contributed by atoms with Crippen molar-refractivity contribution in [1.82, 2.24) is 0 Å². The van der Waals surface area contributed by atoms with E-state index < -0.39 is 21.7 Å². The summed E-state index contributed by atoms with van der Waals surface area (Å²) in [5.74, 6) is -1.77. The molecular formula is C11H20O4S. The van der Waals surface area contributed by atoms with Crippen LogP contribution in [0.3, 0.4) is 0 Å². The van der Waals surface area contributed by atoms with E-state index in [2.05, 4.69) is 0 Å². The van der Waals surface area contributed by atoms with E-state index in [0.29, 0.717) is 0 Å². The second-order valence-corrected chi connectivity index (χ2v) is 6.94. The summed E-state index contributed by atoms with van der Waals surface area (Å²) in [5, 5.41) is 9.12. The second kappa shape index (κ2) is 5.66. The molecule has 0 bridgehead atoms. The van der Waals surface area contributed by atoms with Crippen molar-refractivity contribution in [3.63, 3.8) is 0 Å². The highest BCUT2D eigenvalue weighted by Gasteiger charge is 2.32. The highest BCUT2D eigenvalue weighted by molar-refractivity contribution is 7.91. The molecule has 0 heterocycles. The van der Waals surface area contributed by atoms with Crippen molar-refractivity contribution in [3.05, 3.63) is 0 Å². The Balaban J connectivity index is 2.70. The van der Waals surface area contributed by atoms with Crippen molar-refractivity contribution in [3.8, 4) is 0 Å². The van der Waals surface area contributed by atoms with Crippen molar-refractivity contribution in [1.29, 1.82) is 0 Å². The summed E-state index contributed by atoms with van der Waals surface area (Å²) >= 11 is 0. The first kappa shape index (κ1) is 13.5. The Bertz CT molecular complexity index is 328. The van der Waals surface area contributed by atoms with Gasteiger partial charge in [0.1, 0.15) is 0 Å². The normalized spacial score (nSPS) is 20.6. The van der Waals surface area contributed by atoms with Gasteiger partial charge in [0.2, 0.25) is 0 Å². The molecule has 0 saturated heterocycles. The zero-order valence-corrected chi connectivity index (χ0v) is 10.5. The molecule has 94 valence electrons. The summed E-state index contributed by atoms with van der Waals surface area (Å²) in [7, 11) is -3.19. The predicted octanol–water partition coefficient (Wildman–Crippen LogP) is 1.70. The monoisotopic (exact) mass is 248 g/mol. The SMILES string of the molecule is CCS(=O)(=O)CC(C(=O)O)C1CCCCC1. The number of hydrogen-bond acceptors (Lipinski definition) is 3. The topological polar surface area (TPSA) is 71.4 Å². The van der Waals surface area contributed by atoms with E-state index in [0.717, 1.165) is 32.1 Å². The smallest absolute Gasteiger partial charge is 0.307 e. The van der Waals surface area contributed by atoms with Crippen molar-refractivity contribution < 1.29 is 18.3 Å². The van der Waals surface area contributed by atoms with Crippen LogP contribution >= 0.6 is 0 Å². The van der Waals surface area contributed by atoms with E-state index in [1.54, 1.807) is 6.92 Å².